The number of anilines is 1. The van der Waals surface area contributed by atoms with Crippen LogP contribution in [0.5, 0.6) is 5.75 Å². The number of rotatable bonds is 6. The average Bonchev–Trinajstić information content (AvgIpc) is 2.63. The minimum Gasteiger partial charge on any atom is -0.494 e. The molecule has 5 nitrogen and oxygen atoms in total. The van der Waals surface area contributed by atoms with Crippen molar-refractivity contribution in [1.29, 1.82) is 0 Å². The van der Waals surface area contributed by atoms with E-state index >= 15 is 0 Å². The number of carbonyl (C=O) groups is 1. The first-order chi connectivity index (χ1) is 12.2. The van der Waals surface area contributed by atoms with Crippen LogP contribution in [0.1, 0.15) is 56.3 Å². The lowest BCUT2D eigenvalue weighted by Gasteiger charge is -2.25. The normalized spacial score (nSPS) is 14.5. The van der Waals surface area contributed by atoms with Gasteiger partial charge in [-0.25, -0.2) is 4.79 Å². The van der Waals surface area contributed by atoms with Gasteiger partial charge in [-0.3, -0.25) is 4.98 Å². The van der Waals surface area contributed by atoms with Crippen molar-refractivity contribution in [2.75, 3.05) is 18.5 Å². The van der Waals surface area contributed by atoms with E-state index in [0.717, 1.165) is 35.2 Å². The number of esters is 1. The predicted molar refractivity (Wildman–Crippen MR) is 107 cm³/mol. The van der Waals surface area contributed by atoms with E-state index in [1.165, 1.54) is 19.3 Å². The van der Waals surface area contributed by atoms with Crippen LogP contribution in [0.2, 0.25) is 0 Å². The summed E-state index contributed by atoms with van der Waals surface area (Å²) in [5.74, 6) is 0.446. The zero-order valence-electron chi connectivity index (χ0n) is 15.4. The van der Waals surface area contributed by atoms with Crippen molar-refractivity contribution in [1.82, 2.24) is 4.98 Å². The maximum Gasteiger partial charge on any atom is 0.341 e. The number of benzene rings is 1. The number of carbonyl (C=O) groups excluding carboxylic acids is 1. The molecule has 0 radical (unpaired) electrons. The van der Waals surface area contributed by atoms with Gasteiger partial charge in [0.25, 0.3) is 0 Å². The molecule has 0 bridgehead atoms. The third kappa shape index (κ3) is 4.58. The van der Waals surface area contributed by atoms with Crippen LogP contribution in [0, 0.1) is 0 Å². The highest BCUT2D eigenvalue weighted by atomic mass is 35.5. The first kappa shape index (κ1) is 20.3. The first-order valence-corrected chi connectivity index (χ1v) is 9.22. The summed E-state index contributed by atoms with van der Waals surface area (Å²) in [6.45, 7) is 4.72. The van der Waals surface area contributed by atoms with Crippen molar-refractivity contribution in [3.05, 3.63) is 30.0 Å². The molecular formula is C20H27ClN2O3. The van der Waals surface area contributed by atoms with E-state index in [2.05, 4.69) is 10.3 Å². The maximum absolute atomic E-state index is 12.4. The molecule has 1 heterocycles. The molecular weight excluding hydrogens is 352 g/mol. The molecule has 26 heavy (non-hydrogen) atoms. The quantitative estimate of drug-likeness (QED) is 0.718. The van der Waals surface area contributed by atoms with Gasteiger partial charge < -0.3 is 14.8 Å². The van der Waals surface area contributed by atoms with Gasteiger partial charge in [0.05, 0.1) is 24.4 Å². The molecule has 1 aliphatic carbocycles. The lowest BCUT2D eigenvalue weighted by molar-refractivity contribution is 0.0527. The maximum atomic E-state index is 12.4. The minimum absolute atomic E-state index is 0. The van der Waals surface area contributed by atoms with Crippen LogP contribution in [-0.2, 0) is 4.74 Å². The van der Waals surface area contributed by atoms with E-state index in [4.69, 9.17) is 9.47 Å². The predicted octanol–water partition coefficient (Wildman–Crippen LogP) is 4.98. The van der Waals surface area contributed by atoms with Crippen LogP contribution in [-0.4, -0.2) is 30.2 Å². The smallest absolute Gasteiger partial charge is 0.341 e. The molecule has 0 spiro atoms. The van der Waals surface area contributed by atoms with E-state index in [0.29, 0.717) is 24.8 Å². The standard InChI is InChI=1S/C20H26N2O3.ClH/c1-3-24-15-10-11-18-16(12-15)19(22-14-8-6-5-7-9-14)17(13-21-18)20(23)25-4-2;/h10-14H,3-9H2,1-2H3,(H,21,22);1H. The van der Waals surface area contributed by atoms with Crippen LogP contribution in [0.4, 0.5) is 5.69 Å². The lowest BCUT2D eigenvalue weighted by Crippen LogP contribution is -2.24. The van der Waals surface area contributed by atoms with E-state index < -0.39 is 0 Å². The molecule has 0 unspecified atom stereocenters. The Kier molecular flexibility index (Phi) is 7.51. The van der Waals surface area contributed by atoms with E-state index in [1.807, 2.05) is 32.0 Å². The monoisotopic (exact) mass is 378 g/mol. The molecule has 1 aromatic heterocycles. The van der Waals surface area contributed by atoms with Gasteiger partial charge in [0.1, 0.15) is 11.3 Å². The van der Waals surface area contributed by atoms with Crippen LogP contribution in [0.25, 0.3) is 10.9 Å². The van der Waals surface area contributed by atoms with Crippen molar-refractivity contribution in [2.45, 2.75) is 52.0 Å². The summed E-state index contributed by atoms with van der Waals surface area (Å²) in [7, 11) is 0. The largest absolute Gasteiger partial charge is 0.494 e. The van der Waals surface area contributed by atoms with E-state index in [9.17, 15) is 4.79 Å². The summed E-state index contributed by atoms with van der Waals surface area (Å²) in [6, 6.07) is 6.18. The summed E-state index contributed by atoms with van der Waals surface area (Å²) in [6.07, 6.45) is 7.59. The van der Waals surface area contributed by atoms with Gasteiger partial charge in [-0.05, 0) is 44.9 Å². The Morgan fingerprint density at radius 2 is 1.96 bits per heavy atom. The molecule has 1 saturated carbocycles. The summed E-state index contributed by atoms with van der Waals surface area (Å²) in [4.78, 5) is 16.9. The second-order valence-corrected chi connectivity index (χ2v) is 6.36. The lowest BCUT2D eigenvalue weighted by atomic mass is 9.94. The number of ether oxygens (including phenoxy) is 2. The molecule has 0 aliphatic heterocycles. The third-order valence-electron chi connectivity index (χ3n) is 4.60. The number of halogens is 1. The van der Waals surface area contributed by atoms with Crippen LogP contribution in [0.15, 0.2) is 24.4 Å². The topological polar surface area (TPSA) is 60.5 Å². The highest BCUT2D eigenvalue weighted by Gasteiger charge is 2.21. The molecule has 142 valence electrons. The highest BCUT2D eigenvalue weighted by molar-refractivity contribution is 6.05. The Morgan fingerprint density at radius 1 is 1.19 bits per heavy atom. The van der Waals surface area contributed by atoms with Gasteiger partial charge in [0, 0.05) is 17.6 Å². The number of nitrogens with one attached hydrogen (secondary N) is 1. The fourth-order valence-corrected chi connectivity index (χ4v) is 3.40. The molecule has 2 aromatic rings. The minimum atomic E-state index is -0.336. The molecule has 3 rings (SSSR count). The van der Waals surface area contributed by atoms with Crippen molar-refractivity contribution >= 4 is 35.0 Å². The van der Waals surface area contributed by atoms with Crippen molar-refractivity contribution in [2.24, 2.45) is 0 Å². The van der Waals surface area contributed by atoms with Gasteiger partial charge in [-0.15, -0.1) is 12.4 Å². The van der Waals surface area contributed by atoms with Gasteiger partial charge in [-0.2, -0.15) is 0 Å². The summed E-state index contributed by atoms with van der Waals surface area (Å²) >= 11 is 0. The molecule has 1 aromatic carbocycles. The van der Waals surface area contributed by atoms with Crippen molar-refractivity contribution < 1.29 is 14.3 Å². The number of fused-ring (bicyclic) bond motifs is 1. The Bertz CT molecular complexity index is 745. The Morgan fingerprint density at radius 3 is 2.65 bits per heavy atom. The summed E-state index contributed by atoms with van der Waals surface area (Å²) in [5, 5.41) is 4.51. The van der Waals surface area contributed by atoms with Crippen LogP contribution in [0.3, 0.4) is 0 Å². The first-order valence-electron chi connectivity index (χ1n) is 9.22. The van der Waals surface area contributed by atoms with Crippen LogP contribution < -0.4 is 10.1 Å². The Hall–Kier alpha value is -2.01. The average molecular weight is 379 g/mol. The Balaban J connectivity index is 0.00000243. The molecule has 1 fully saturated rings. The summed E-state index contributed by atoms with van der Waals surface area (Å²) < 4.78 is 10.9. The molecule has 1 aliphatic rings. The van der Waals surface area contributed by atoms with Gasteiger partial charge in [-0.1, -0.05) is 19.3 Å². The highest BCUT2D eigenvalue weighted by Crippen LogP contribution is 2.32. The summed E-state index contributed by atoms with van der Waals surface area (Å²) in [5.41, 5.74) is 2.15. The molecule has 0 atom stereocenters. The zero-order valence-corrected chi connectivity index (χ0v) is 16.2. The Labute approximate surface area is 160 Å². The van der Waals surface area contributed by atoms with Gasteiger partial charge in [0.15, 0.2) is 0 Å². The van der Waals surface area contributed by atoms with Gasteiger partial charge >= 0.3 is 5.97 Å². The SMILES string of the molecule is CCOC(=O)c1cnc2ccc(OCC)cc2c1NC1CCCCC1.Cl. The number of pyridine rings is 1. The molecule has 6 heteroatoms. The van der Waals surface area contributed by atoms with Crippen LogP contribution >= 0.6 is 12.4 Å². The zero-order chi connectivity index (χ0) is 17.6. The number of nitrogens with zero attached hydrogens (tertiary/aromatic N) is 1. The second kappa shape index (κ2) is 9.62. The molecule has 0 amide bonds. The van der Waals surface area contributed by atoms with Crippen molar-refractivity contribution in [3.8, 4) is 5.75 Å². The molecule has 1 N–H and O–H groups in total. The van der Waals surface area contributed by atoms with Crippen molar-refractivity contribution in [3.63, 3.8) is 0 Å². The van der Waals surface area contributed by atoms with E-state index in [-0.39, 0.29) is 18.4 Å². The third-order valence-corrected chi connectivity index (χ3v) is 4.60. The molecule has 0 saturated heterocycles. The fraction of sp³-hybridized carbons (Fsp3) is 0.500. The van der Waals surface area contributed by atoms with E-state index in [1.54, 1.807) is 6.20 Å². The number of hydrogen-bond donors (Lipinski definition) is 1. The second-order valence-electron chi connectivity index (χ2n) is 6.36. The number of hydrogen-bond acceptors (Lipinski definition) is 5. The fourth-order valence-electron chi connectivity index (χ4n) is 3.40. The number of aromatic nitrogens is 1. The van der Waals surface area contributed by atoms with Gasteiger partial charge in [0.2, 0.25) is 0 Å².